The van der Waals surface area contributed by atoms with Crippen LogP contribution in [0.15, 0.2) is 29.3 Å². The Morgan fingerprint density at radius 2 is 1.97 bits per heavy atom. The zero-order valence-electron chi connectivity index (χ0n) is 19.0. The quantitative estimate of drug-likeness (QED) is 0.297. The number of benzene rings is 1. The number of guanidine groups is 1. The number of nitrogens with one attached hydrogen (secondary N) is 2. The van der Waals surface area contributed by atoms with Gasteiger partial charge in [0.1, 0.15) is 0 Å². The van der Waals surface area contributed by atoms with Crippen molar-refractivity contribution < 1.29 is 9.53 Å². The van der Waals surface area contributed by atoms with Gasteiger partial charge in [0.2, 0.25) is 5.91 Å². The standard InChI is InChI=1S/C23H35N5O2S.HI/c1-2-24-22(26-17-23(9-15-31-18-23)27-11-13-30-14-12-27)25-16-19-5-7-20(8-6-19)28-10-3-4-21(28)29;/h5-8H,2-4,9-18H2,1H3,(H2,24,25,26);1H. The number of amides is 1. The second kappa shape index (κ2) is 12.4. The van der Waals surface area contributed by atoms with Gasteiger partial charge in [-0.1, -0.05) is 12.1 Å². The molecule has 1 aromatic carbocycles. The van der Waals surface area contributed by atoms with E-state index in [-0.39, 0.29) is 35.4 Å². The first-order chi connectivity index (χ1) is 15.2. The number of aliphatic imine (C=N–C) groups is 1. The molecule has 4 rings (SSSR count). The average molecular weight is 574 g/mol. The van der Waals surface area contributed by atoms with E-state index < -0.39 is 0 Å². The zero-order valence-corrected chi connectivity index (χ0v) is 22.1. The fourth-order valence-electron chi connectivity index (χ4n) is 4.60. The third-order valence-electron chi connectivity index (χ3n) is 6.43. The highest BCUT2D eigenvalue weighted by Gasteiger charge is 2.40. The second-order valence-electron chi connectivity index (χ2n) is 8.49. The molecule has 32 heavy (non-hydrogen) atoms. The maximum Gasteiger partial charge on any atom is 0.227 e. The summed E-state index contributed by atoms with van der Waals surface area (Å²) in [6, 6.07) is 8.24. The molecule has 1 aromatic rings. The molecule has 0 aromatic heterocycles. The largest absolute Gasteiger partial charge is 0.379 e. The smallest absolute Gasteiger partial charge is 0.227 e. The lowest BCUT2D eigenvalue weighted by atomic mass is 9.95. The van der Waals surface area contributed by atoms with Crippen LogP contribution in [0, 0.1) is 0 Å². The normalized spacial score (nSPS) is 24.5. The van der Waals surface area contributed by atoms with Gasteiger partial charge in [0.25, 0.3) is 0 Å². The lowest BCUT2D eigenvalue weighted by Crippen LogP contribution is -2.60. The van der Waals surface area contributed by atoms with Crippen LogP contribution in [-0.4, -0.2) is 79.7 Å². The van der Waals surface area contributed by atoms with Crippen LogP contribution in [0.25, 0.3) is 0 Å². The summed E-state index contributed by atoms with van der Waals surface area (Å²) in [5.41, 5.74) is 2.33. The molecule has 3 fully saturated rings. The second-order valence-corrected chi connectivity index (χ2v) is 9.60. The molecule has 1 amide bonds. The number of carbonyl (C=O) groups is 1. The Bertz CT molecular complexity index is 764. The van der Waals surface area contributed by atoms with E-state index in [0.717, 1.165) is 75.3 Å². The minimum absolute atomic E-state index is 0. The van der Waals surface area contributed by atoms with Crippen molar-refractivity contribution in [1.82, 2.24) is 15.5 Å². The fourth-order valence-corrected chi connectivity index (χ4v) is 6.08. The molecule has 3 aliphatic heterocycles. The molecule has 178 valence electrons. The predicted molar refractivity (Wildman–Crippen MR) is 143 cm³/mol. The Hall–Kier alpha value is -1.04. The van der Waals surface area contributed by atoms with E-state index in [1.165, 1.54) is 12.2 Å². The summed E-state index contributed by atoms with van der Waals surface area (Å²) in [6.07, 6.45) is 2.82. The number of rotatable bonds is 7. The van der Waals surface area contributed by atoms with Crippen molar-refractivity contribution in [3.8, 4) is 0 Å². The van der Waals surface area contributed by atoms with Crippen LogP contribution < -0.4 is 15.5 Å². The first-order valence-corrected chi connectivity index (χ1v) is 12.7. The van der Waals surface area contributed by atoms with Crippen LogP contribution in [0.3, 0.4) is 0 Å². The summed E-state index contributed by atoms with van der Waals surface area (Å²) in [7, 11) is 0. The predicted octanol–water partition coefficient (Wildman–Crippen LogP) is 2.69. The first-order valence-electron chi connectivity index (χ1n) is 11.5. The number of carbonyl (C=O) groups excluding carboxylic acids is 1. The summed E-state index contributed by atoms with van der Waals surface area (Å²) in [5.74, 6) is 3.48. The van der Waals surface area contributed by atoms with Gasteiger partial charge in [0.15, 0.2) is 5.96 Å². The third-order valence-corrected chi connectivity index (χ3v) is 7.67. The molecule has 0 bridgehead atoms. The van der Waals surface area contributed by atoms with Gasteiger partial charge in [-0.15, -0.1) is 24.0 Å². The number of nitrogens with zero attached hydrogens (tertiary/aromatic N) is 3. The average Bonchev–Trinajstić information content (AvgIpc) is 3.47. The van der Waals surface area contributed by atoms with E-state index in [9.17, 15) is 4.79 Å². The Balaban J connectivity index is 0.00000289. The number of hydrogen-bond donors (Lipinski definition) is 2. The monoisotopic (exact) mass is 573 g/mol. The summed E-state index contributed by atoms with van der Waals surface area (Å²) in [4.78, 5) is 21.3. The van der Waals surface area contributed by atoms with Crippen LogP contribution in [0.4, 0.5) is 5.69 Å². The van der Waals surface area contributed by atoms with Crippen molar-refractivity contribution in [2.24, 2.45) is 4.99 Å². The number of halogens is 1. The van der Waals surface area contributed by atoms with E-state index in [4.69, 9.17) is 9.73 Å². The van der Waals surface area contributed by atoms with Gasteiger partial charge in [-0.25, -0.2) is 4.99 Å². The van der Waals surface area contributed by atoms with E-state index in [1.54, 1.807) is 0 Å². The van der Waals surface area contributed by atoms with Crippen molar-refractivity contribution in [3.05, 3.63) is 29.8 Å². The van der Waals surface area contributed by atoms with Crippen LogP contribution in [-0.2, 0) is 16.1 Å². The van der Waals surface area contributed by atoms with Gasteiger partial charge in [-0.05, 0) is 43.2 Å². The highest BCUT2D eigenvalue weighted by atomic mass is 127. The van der Waals surface area contributed by atoms with Gasteiger partial charge in [0.05, 0.1) is 19.8 Å². The summed E-state index contributed by atoms with van der Waals surface area (Å²) in [5, 5.41) is 7.02. The molecule has 0 radical (unpaired) electrons. The molecular formula is C23H36IN5O2S. The molecule has 9 heteroatoms. The molecule has 1 atom stereocenters. The Morgan fingerprint density at radius 1 is 1.19 bits per heavy atom. The lowest BCUT2D eigenvalue weighted by molar-refractivity contribution is -0.117. The van der Waals surface area contributed by atoms with E-state index in [0.29, 0.717) is 13.0 Å². The van der Waals surface area contributed by atoms with Crippen molar-refractivity contribution in [1.29, 1.82) is 0 Å². The summed E-state index contributed by atoms with van der Waals surface area (Å²) in [6.45, 7) is 8.98. The number of thioether (sulfide) groups is 1. The summed E-state index contributed by atoms with van der Waals surface area (Å²) >= 11 is 2.05. The van der Waals surface area contributed by atoms with Gasteiger partial charge >= 0.3 is 0 Å². The molecule has 0 saturated carbocycles. The topological polar surface area (TPSA) is 69.2 Å². The first kappa shape index (κ1) is 25.6. The molecule has 3 saturated heterocycles. The molecule has 1 unspecified atom stereocenters. The zero-order chi connectivity index (χ0) is 21.5. The highest BCUT2D eigenvalue weighted by Crippen LogP contribution is 2.33. The number of hydrogen-bond acceptors (Lipinski definition) is 5. The molecule has 0 spiro atoms. The van der Waals surface area contributed by atoms with E-state index in [1.807, 2.05) is 17.0 Å². The molecule has 3 aliphatic rings. The maximum atomic E-state index is 11.9. The SMILES string of the molecule is CCNC(=NCc1ccc(N2CCCC2=O)cc1)NCC1(N2CCOCC2)CCSC1.I. The van der Waals surface area contributed by atoms with Crippen molar-refractivity contribution in [3.63, 3.8) is 0 Å². The van der Waals surface area contributed by atoms with Crippen LogP contribution in [0.2, 0.25) is 0 Å². The van der Waals surface area contributed by atoms with Gasteiger partial charge < -0.3 is 20.3 Å². The molecule has 7 nitrogen and oxygen atoms in total. The molecule has 0 aliphatic carbocycles. The van der Waals surface area contributed by atoms with Crippen molar-refractivity contribution >= 4 is 53.3 Å². The number of ether oxygens (including phenoxy) is 1. The fraction of sp³-hybridized carbons (Fsp3) is 0.652. The number of morpholine rings is 1. The van der Waals surface area contributed by atoms with Crippen molar-refractivity contribution in [2.75, 3.05) is 62.3 Å². The third kappa shape index (κ3) is 6.30. The molecule has 3 heterocycles. The Labute approximate surface area is 213 Å². The van der Waals surface area contributed by atoms with Crippen molar-refractivity contribution in [2.45, 2.75) is 38.3 Å². The van der Waals surface area contributed by atoms with Crippen LogP contribution in [0.5, 0.6) is 0 Å². The number of anilines is 1. The van der Waals surface area contributed by atoms with Gasteiger partial charge in [-0.2, -0.15) is 11.8 Å². The minimum Gasteiger partial charge on any atom is -0.379 e. The van der Waals surface area contributed by atoms with E-state index in [2.05, 4.69) is 46.4 Å². The van der Waals surface area contributed by atoms with Crippen LogP contribution >= 0.6 is 35.7 Å². The Morgan fingerprint density at radius 3 is 2.59 bits per heavy atom. The van der Waals surface area contributed by atoms with Gasteiger partial charge in [0, 0.05) is 56.1 Å². The molecular weight excluding hydrogens is 537 g/mol. The maximum absolute atomic E-state index is 11.9. The summed E-state index contributed by atoms with van der Waals surface area (Å²) < 4.78 is 5.58. The minimum atomic E-state index is 0. The highest BCUT2D eigenvalue weighted by molar-refractivity contribution is 14.0. The van der Waals surface area contributed by atoms with Crippen LogP contribution in [0.1, 0.15) is 31.7 Å². The lowest BCUT2D eigenvalue weighted by Gasteiger charge is -2.43. The van der Waals surface area contributed by atoms with Gasteiger partial charge in [-0.3, -0.25) is 9.69 Å². The molecule has 2 N–H and O–H groups in total. The Kier molecular flexibility index (Phi) is 9.94. The van der Waals surface area contributed by atoms with E-state index >= 15 is 0 Å².